The molecule has 1 aliphatic rings. The number of hydrogen-bond acceptors (Lipinski definition) is 3. The summed E-state index contributed by atoms with van der Waals surface area (Å²) < 4.78 is 11.0. The summed E-state index contributed by atoms with van der Waals surface area (Å²) in [5, 5.41) is 4.15. The van der Waals surface area contributed by atoms with Crippen LogP contribution in [0.5, 0.6) is 11.5 Å². The maximum atomic E-state index is 5.84. The van der Waals surface area contributed by atoms with Crippen LogP contribution in [-0.4, -0.2) is 56.5 Å². The van der Waals surface area contributed by atoms with E-state index in [0.717, 1.165) is 55.0 Å². The molecule has 144 valence electrons. The summed E-state index contributed by atoms with van der Waals surface area (Å²) >= 11 is 5.57. The highest BCUT2D eigenvalue weighted by atomic mass is 32.1. The van der Waals surface area contributed by atoms with Gasteiger partial charge in [-0.05, 0) is 55.5 Å². The van der Waals surface area contributed by atoms with Crippen LogP contribution in [0, 0.1) is 6.92 Å². The predicted molar refractivity (Wildman–Crippen MR) is 113 cm³/mol. The molecule has 27 heavy (non-hydrogen) atoms. The molecule has 0 atom stereocenters. The number of nitrogens with zero attached hydrogens (tertiary/aromatic N) is 1. The smallest absolute Gasteiger partial charge is 0.173 e. The summed E-state index contributed by atoms with van der Waals surface area (Å²) in [7, 11) is 1.67. The minimum atomic E-state index is 0.716. The number of piperazine rings is 1. The summed E-state index contributed by atoms with van der Waals surface area (Å²) in [5.74, 6) is 1.73. The lowest BCUT2D eigenvalue weighted by molar-refractivity contribution is -0.903. The predicted octanol–water partition coefficient (Wildman–Crippen LogP) is 1.98. The quantitative estimate of drug-likeness (QED) is 0.743. The third-order valence-corrected chi connectivity index (χ3v) is 5.20. The first-order chi connectivity index (χ1) is 13.1. The third kappa shape index (κ3) is 5.84. The summed E-state index contributed by atoms with van der Waals surface area (Å²) in [5.41, 5.74) is 2.30. The molecule has 0 aliphatic carbocycles. The number of hydrogen-bond donors (Lipinski definition) is 2. The van der Waals surface area contributed by atoms with Crippen LogP contribution in [0.3, 0.4) is 0 Å². The molecule has 0 radical (unpaired) electrons. The van der Waals surface area contributed by atoms with Gasteiger partial charge in [-0.3, -0.25) is 0 Å². The van der Waals surface area contributed by atoms with Crippen LogP contribution in [-0.2, 0) is 0 Å². The molecule has 1 heterocycles. The van der Waals surface area contributed by atoms with Gasteiger partial charge in [0.25, 0.3) is 0 Å². The van der Waals surface area contributed by atoms with Gasteiger partial charge < -0.3 is 24.6 Å². The zero-order valence-corrected chi connectivity index (χ0v) is 16.8. The molecule has 1 aliphatic heterocycles. The van der Waals surface area contributed by atoms with E-state index in [9.17, 15) is 0 Å². The lowest BCUT2D eigenvalue weighted by atomic mass is 10.2. The van der Waals surface area contributed by atoms with Crippen LogP contribution in [0.1, 0.15) is 5.56 Å². The molecule has 0 amide bonds. The first-order valence-corrected chi connectivity index (χ1v) is 9.78. The second-order valence-electron chi connectivity index (χ2n) is 6.81. The Kier molecular flexibility index (Phi) is 6.90. The number of rotatable bonds is 6. The molecule has 2 N–H and O–H groups in total. The van der Waals surface area contributed by atoms with Crippen molar-refractivity contribution in [2.24, 2.45) is 0 Å². The standard InChI is InChI=1S/C21H27N3O2S/c1-17-3-5-18(6-4-17)22-21(27)24-13-11-23(12-14-24)15-16-26-20-9-7-19(25-2)8-10-20/h3-10H,11-16H2,1-2H3,(H,22,27)/p+1. The Morgan fingerprint density at radius 1 is 1.04 bits per heavy atom. The van der Waals surface area contributed by atoms with Crippen LogP contribution in [0.25, 0.3) is 0 Å². The van der Waals surface area contributed by atoms with Gasteiger partial charge in [0.15, 0.2) is 5.11 Å². The van der Waals surface area contributed by atoms with Crippen LogP contribution in [0.15, 0.2) is 48.5 Å². The number of thiocarbonyl (C=S) groups is 1. The van der Waals surface area contributed by atoms with Gasteiger partial charge in [0.2, 0.25) is 0 Å². The third-order valence-electron chi connectivity index (χ3n) is 4.84. The first-order valence-electron chi connectivity index (χ1n) is 9.37. The number of anilines is 1. The SMILES string of the molecule is COc1ccc(OCC[NH+]2CCN(C(=S)Nc3ccc(C)cc3)CC2)cc1. The molecule has 1 saturated heterocycles. The van der Waals surface area contributed by atoms with Gasteiger partial charge >= 0.3 is 0 Å². The van der Waals surface area contributed by atoms with E-state index in [1.807, 2.05) is 24.3 Å². The van der Waals surface area contributed by atoms with E-state index in [1.54, 1.807) is 12.0 Å². The van der Waals surface area contributed by atoms with Gasteiger partial charge in [-0.25, -0.2) is 0 Å². The fraction of sp³-hybridized carbons (Fsp3) is 0.381. The number of ether oxygens (including phenoxy) is 2. The van der Waals surface area contributed by atoms with Crippen LogP contribution in [0.2, 0.25) is 0 Å². The van der Waals surface area contributed by atoms with Gasteiger partial charge in [-0.2, -0.15) is 0 Å². The largest absolute Gasteiger partial charge is 0.497 e. The lowest BCUT2D eigenvalue weighted by Gasteiger charge is -2.33. The van der Waals surface area contributed by atoms with Crippen molar-refractivity contribution in [2.45, 2.75) is 6.92 Å². The Morgan fingerprint density at radius 2 is 1.67 bits per heavy atom. The van der Waals surface area contributed by atoms with Crippen LogP contribution >= 0.6 is 12.2 Å². The normalized spacial score (nSPS) is 14.7. The van der Waals surface area contributed by atoms with E-state index in [-0.39, 0.29) is 0 Å². The van der Waals surface area contributed by atoms with E-state index in [1.165, 1.54) is 5.56 Å². The van der Waals surface area contributed by atoms with E-state index in [0.29, 0.717) is 6.61 Å². The topological polar surface area (TPSA) is 38.2 Å². The van der Waals surface area contributed by atoms with Crippen molar-refractivity contribution >= 4 is 23.0 Å². The molecule has 6 heteroatoms. The zero-order chi connectivity index (χ0) is 19.1. The summed E-state index contributed by atoms with van der Waals surface area (Å²) in [6.07, 6.45) is 0. The van der Waals surface area contributed by atoms with Gasteiger partial charge in [0, 0.05) is 5.69 Å². The van der Waals surface area contributed by atoms with Crippen molar-refractivity contribution in [1.82, 2.24) is 4.90 Å². The maximum absolute atomic E-state index is 5.84. The molecule has 3 rings (SSSR count). The highest BCUT2D eigenvalue weighted by molar-refractivity contribution is 7.80. The first kappa shape index (κ1) is 19.5. The summed E-state index contributed by atoms with van der Waals surface area (Å²) in [4.78, 5) is 3.81. The van der Waals surface area contributed by atoms with Gasteiger partial charge in [0.1, 0.15) is 24.7 Å². The monoisotopic (exact) mass is 386 g/mol. The maximum Gasteiger partial charge on any atom is 0.173 e. The molecule has 0 unspecified atom stereocenters. The lowest BCUT2D eigenvalue weighted by Crippen LogP contribution is -3.15. The Balaban J connectivity index is 1.36. The van der Waals surface area contributed by atoms with Crippen LogP contribution < -0.4 is 19.7 Å². The van der Waals surface area contributed by atoms with Crippen molar-refractivity contribution in [1.29, 1.82) is 0 Å². The second kappa shape index (κ2) is 9.58. The van der Waals surface area contributed by atoms with Crippen molar-refractivity contribution in [3.05, 3.63) is 54.1 Å². The average molecular weight is 387 g/mol. The second-order valence-corrected chi connectivity index (χ2v) is 7.19. The number of aryl methyl sites for hydroxylation is 1. The summed E-state index contributed by atoms with van der Waals surface area (Å²) in [6, 6.07) is 16.1. The fourth-order valence-corrected chi connectivity index (χ4v) is 3.40. The van der Waals surface area contributed by atoms with Gasteiger partial charge in [0.05, 0.1) is 33.3 Å². The van der Waals surface area contributed by atoms with Crippen molar-refractivity contribution < 1.29 is 14.4 Å². The summed E-state index contributed by atoms with van der Waals surface area (Å²) in [6.45, 7) is 7.88. The molecule has 0 spiro atoms. The molecule has 5 nitrogen and oxygen atoms in total. The highest BCUT2D eigenvalue weighted by Crippen LogP contribution is 2.16. The minimum Gasteiger partial charge on any atom is -0.497 e. The number of nitrogens with one attached hydrogen (secondary N) is 2. The molecule has 2 aromatic rings. The Hall–Kier alpha value is -2.31. The minimum absolute atomic E-state index is 0.716. The molecular weight excluding hydrogens is 358 g/mol. The molecule has 0 saturated carbocycles. The fourth-order valence-electron chi connectivity index (χ4n) is 3.10. The van der Waals surface area contributed by atoms with Crippen LogP contribution in [0.4, 0.5) is 5.69 Å². The Labute approximate surface area is 166 Å². The van der Waals surface area contributed by atoms with E-state index < -0.39 is 0 Å². The number of quaternary nitrogens is 1. The zero-order valence-electron chi connectivity index (χ0n) is 16.0. The van der Waals surface area contributed by atoms with Crippen molar-refractivity contribution in [3.63, 3.8) is 0 Å². The Morgan fingerprint density at radius 3 is 2.30 bits per heavy atom. The van der Waals surface area contributed by atoms with Gasteiger partial charge in [-0.1, -0.05) is 17.7 Å². The molecule has 1 fully saturated rings. The van der Waals surface area contributed by atoms with E-state index >= 15 is 0 Å². The average Bonchev–Trinajstić information content (AvgIpc) is 2.71. The molecule has 0 aromatic heterocycles. The Bertz CT molecular complexity index is 726. The van der Waals surface area contributed by atoms with Crippen molar-refractivity contribution in [2.75, 3.05) is 51.8 Å². The van der Waals surface area contributed by atoms with E-state index in [2.05, 4.69) is 41.4 Å². The molecular formula is C21H28N3O2S+. The van der Waals surface area contributed by atoms with Gasteiger partial charge in [-0.15, -0.1) is 0 Å². The van der Waals surface area contributed by atoms with Crippen molar-refractivity contribution in [3.8, 4) is 11.5 Å². The highest BCUT2D eigenvalue weighted by Gasteiger charge is 2.21. The number of benzene rings is 2. The van der Waals surface area contributed by atoms with E-state index in [4.69, 9.17) is 21.7 Å². The molecule has 2 aromatic carbocycles. The number of methoxy groups -OCH3 is 1. The molecule has 0 bridgehead atoms.